The number of rotatable bonds is 11. The van der Waals surface area contributed by atoms with Crippen LogP contribution in [0.1, 0.15) is 0 Å². The van der Waals surface area contributed by atoms with Gasteiger partial charge in [-0.25, -0.2) is 0 Å². The molecule has 0 spiro atoms. The molecule has 0 unspecified atom stereocenters. The lowest BCUT2D eigenvalue weighted by molar-refractivity contribution is 1.18. The quantitative estimate of drug-likeness (QED) is 0.0949. The summed E-state index contributed by atoms with van der Waals surface area (Å²) < 4.78 is 2.39. The minimum absolute atomic E-state index is 1.05. The first-order chi connectivity index (χ1) is 35.8. The van der Waals surface area contributed by atoms with Gasteiger partial charge in [-0.1, -0.05) is 176 Å². The van der Waals surface area contributed by atoms with E-state index in [0.717, 1.165) is 95.1 Å². The highest BCUT2D eigenvalue weighted by molar-refractivity contribution is 6.25. The summed E-state index contributed by atoms with van der Waals surface area (Å²) in [6, 6.07) is 105. The van der Waals surface area contributed by atoms with Crippen LogP contribution in [0.5, 0.6) is 0 Å². The molecular weight excluding hydrogens is 873 g/mol. The van der Waals surface area contributed by atoms with Crippen molar-refractivity contribution < 1.29 is 0 Å². The van der Waals surface area contributed by atoms with Gasteiger partial charge in [0.1, 0.15) is 0 Å². The van der Waals surface area contributed by atoms with E-state index < -0.39 is 0 Å². The minimum Gasteiger partial charge on any atom is -0.310 e. The van der Waals surface area contributed by atoms with E-state index in [1.165, 1.54) is 16.3 Å². The first-order valence-electron chi connectivity index (χ1n) is 24.6. The third-order valence-corrected chi connectivity index (χ3v) is 13.9. The number of aromatic nitrogens is 1. The highest BCUT2D eigenvalue weighted by atomic mass is 15.2. The number of hydrogen-bond donors (Lipinski definition) is 0. The molecule has 4 heteroatoms. The number of hydrogen-bond acceptors (Lipinski definition) is 3. The van der Waals surface area contributed by atoms with E-state index in [2.05, 4.69) is 310 Å². The summed E-state index contributed by atoms with van der Waals surface area (Å²) in [6.45, 7) is 0. The Morgan fingerprint density at radius 3 is 1.12 bits per heavy atom. The summed E-state index contributed by atoms with van der Waals surface area (Å²) >= 11 is 0. The molecule has 4 nitrogen and oxygen atoms in total. The molecule has 1 heterocycles. The number of fused-ring (bicyclic) bond motifs is 5. The van der Waals surface area contributed by atoms with Crippen LogP contribution >= 0.6 is 0 Å². The maximum absolute atomic E-state index is 2.50. The zero-order valence-electron chi connectivity index (χ0n) is 39.5. The average molecular weight is 921 g/mol. The molecule has 0 radical (unpaired) electrons. The van der Waals surface area contributed by atoms with Gasteiger partial charge in [0, 0.05) is 77.8 Å². The van der Waals surface area contributed by atoms with Gasteiger partial charge in [-0.3, -0.25) is 0 Å². The van der Waals surface area contributed by atoms with Crippen LogP contribution in [-0.2, 0) is 0 Å². The Morgan fingerprint density at radius 1 is 0.208 bits per heavy atom. The maximum atomic E-state index is 2.50. The molecule has 0 saturated carbocycles. The van der Waals surface area contributed by atoms with Crippen LogP contribution in [0.4, 0.5) is 51.2 Å². The lowest BCUT2D eigenvalue weighted by atomic mass is 9.92. The van der Waals surface area contributed by atoms with E-state index in [4.69, 9.17) is 0 Å². The molecule has 0 aliphatic carbocycles. The summed E-state index contributed by atoms with van der Waals surface area (Å²) in [4.78, 5) is 7.32. The smallest absolute Gasteiger partial charge is 0.0620 e. The van der Waals surface area contributed by atoms with Gasteiger partial charge in [0.15, 0.2) is 0 Å². The van der Waals surface area contributed by atoms with E-state index in [1.807, 2.05) is 0 Å². The molecule has 13 aromatic rings. The largest absolute Gasteiger partial charge is 0.310 e. The van der Waals surface area contributed by atoms with Crippen LogP contribution in [0, 0.1) is 0 Å². The number of nitrogens with zero attached hydrogens (tertiary/aromatic N) is 4. The average Bonchev–Trinajstić information content (AvgIpc) is 3.79. The first kappa shape index (κ1) is 42.5. The third kappa shape index (κ3) is 7.50. The van der Waals surface area contributed by atoms with E-state index in [9.17, 15) is 0 Å². The highest BCUT2D eigenvalue weighted by Crippen LogP contribution is 2.53. The van der Waals surface area contributed by atoms with Crippen molar-refractivity contribution in [3.63, 3.8) is 0 Å². The third-order valence-electron chi connectivity index (χ3n) is 13.9. The van der Waals surface area contributed by atoms with Gasteiger partial charge in [0.2, 0.25) is 0 Å². The second-order valence-electron chi connectivity index (χ2n) is 18.1. The lowest BCUT2D eigenvalue weighted by Gasteiger charge is -2.34. The monoisotopic (exact) mass is 920 g/mol. The second-order valence-corrected chi connectivity index (χ2v) is 18.1. The molecule has 0 atom stereocenters. The Morgan fingerprint density at radius 2 is 0.583 bits per heavy atom. The Kier molecular flexibility index (Phi) is 10.8. The zero-order chi connectivity index (χ0) is 47.8. The van der Waals surface area contributed by atoms with Crippen LogP contribution in [0.3, 0.4) is 0 Å². The molecule has 0 aliphatic heterocycles. The van der Waals surface area contributed by atoms with Gasteiger partial charge in [0.05, 0.1) is 22.4 Å². The molecule has 72 heavy (non-hydrogen) atoms. The fourth-order valence-corrected chi connectivity index (χ4v) is 10.7. The van der Waals surface area contributed by atoms with Gasteiger partial charge in [0.25, 0.3) is 0 Å². The SMILES string of the molecule is c1ccc(-c2ccc3c(N(c4ccccc4)c4ccccc4)c4cc(N(c5ccccc5)c5ccccc5)ccc4c(N(c4ccccc4)c4ccc5c(c4)c4ccccc4n5-c4ccccc4)c3c2)cc1. The highest BCUT2D eigenvalue weighted by Gasteiger charge is 2.28. The standard InChI is InChI=1S/C68H48N4/c1-8-24-49(25-9-1)50-40-43-60-63(46-50)67(71(55-34-18-6-19-35-55)58-42-45-66-62(47-58)59-38-22-23-39-65(59)72(66)56-36-20-7-21-37-56)61-44-41-57(69(51-26-10-2-11-27-51)52-28-12-3-13-29-52)48-64(61)68(60)70(53-30-14-4-15-31-53)54-32-16-5-17-33-54/h1-48H. The molecule has 0 saturated heterocycles. The molecule has 1 aromatic heterocycles. The molecule has 0 fully saturated rings. The Labute approximate surface area is 419 Å². The minimum atomic E-state index is 1.05. The van der Waals surface area contributed by atoms with Crippen molar-refractivity contribution in [1.29, 1.82) is 0 Å². The Balaban J connectivity index is 1.18. The summed E-state index contributed by atoms with van der Waals surface area (Å²) in [5.41, 5.74) is 15.4. The van der Waals surface area contributed by atoms with Crippen molar-refractivity contribution in [3.05, 3.63) is 291 Å². The molecule has 340 valence electrons. The number of benzene rings is 12. The van der Waals surface area contributed by atoms with Gasteiger partial charge in [-0.15, -0.1) is 0 Å². The number of para-hydroxylation sites is 7. The van der Waals surface area contributed by atoms with E-state index >= 15 is 0 Å². The predicted molar refractivity (Wildman–Crippen MR) is 305 cm³/mol. The van der Waals surface area contributed by atoms with Crippen molar-refractivity contribution in [2.75, 3.05) is 14.7 Å². The lowest BCUT2D eigenvalue weighted by Crippen LogP contribution is -2.15. The van der Waals surface area contributed by atoms with Crippen LogP contribution in [0.25, 0.3) is 60.2 Å². The molecule has 13 rings (SSSR count). The Bertz CT molecular complexity index is 3930. The van der Waals surface area contributed by atoms with Crippen molar-refractivity contribution in [2.24, 2.45) is 0 Å². The maximum Gasteiger partial charge on any atom is 0.0620 e. The topological polar surface area (TPSA) is 14.7 Å². The van der Waals surface area contributed by atoms with E-state index in [0.29, 0.717) is 0 Å². The van der Waals surface area contributed by atoms with Crippen LogP contribution < -0.4 is 14.7 Å². The summed E-state index contributed by atoms with van der Waals surface area (Å²) in [5, 5.41) is 6.86. The van der Waals surface area contributed by atoms with E-state index in [-0.39, 0.29) is 0 Å². The van der Waals surface area contributed by atoms with Crippen molar-refractivity contribution in [2.45, 2.75) is 0 Å². The second kappa shape index (κ2) is 18.4. The van der Waals surface area contributed by atoms with Gasteiger partial charge in [-0.05, 0) is 126 Å². The fourth-order valence-electron chi connectivity index (χ4n) is 10.7. The van der Waals surface area contributed by atoms with E-state index in [1.54, 1.807) is 0 Å². The van der Waals surface area contributed by atoms with Crippen molar-refractivity contribution in [1.82, 2.24) is 4.57 Å². The van der Waals surface area contributed by atoms with Crippen LogP contribution in [-0.4, -0.2) is 4.57 Å². The first-order valence-corrected chi connectivity index (χ1v) is 24.6. The molecular formula is C68H48N4. The van der Waals surface area contributed by atoms with Gasteiger partial charge in [-0.2, -0.15) is 0 Å². The molecule has 0 bridgehead atoms. The molecule has 0 amide bonds. The predicted octanol–water partition coefficient (Wildman–Crippen LogP) is 19.2. The summed E-state index contributed by atoms with van der Waals surface area (Å²) in [6.07, 6.45) is 0. The zero-order valence-corrected chi connectivity index (χ0v) is 39.5. The van der Waals surface area contributed by atoms with Crippen LogP contribution in [0.2, 0.25) is 0 Å². The molecule has 12 aromatic carbocycles. The van der Waals surface area contributed by atoms with Crippen LogP contribution in [0.15, 0.2) is 291 Å². The summed E-state index contributed by atoms with van der Waals surface area (Å²) in [7, 11) is 0. The number of anilines is 9. The van der Waals surface area contributed by atoms with Gasteiger partial charge >= 0.3 is 0 Å². The van der Waals surface area contributed by atoms with Gasteiger partial charge < -0.3 is 19.3 Å². The fraction of sp³-hybridized carbons (Fsp3) is 0. The van der Waals surface area contributed by atoms with Crippen molar-refractivity contribution in [3.8, 4) is 16.8 Å². The summed E-state index contributed by atoms with van der Waals surface area (Å²) in [5.74, 6) is 0. The molecule has 0 aliphatic rings. The van der Waals surface area contributed by atoms with Crippen molar-refractivity contribution >= 4 is 94.5 Å². The Hall–Kier alpha value is -9.64. The molecule has 0 N–H and O–H groups in total. The normalized spacial score (nSPS) is 11.3.